The van der Waals surface area contributed by atoms with Crippen LogP contribution >= 0.6 is 0 Å². The van der Waals surface area contributed by atoms with Crippen molar-refractivity contribution < 1.29 is 23.9 Å². The standard InChI is InChI=1S/C18H21N3O5/c1-26-17(24)12-6-9-20(10-7-12)15(22)8-11-21-16(23)13-4-2-3-5-14(13)19-18(21)25/h2-5,12-13H,6-11H2,1H3. The van der Waals surface area contributed by atoms with Gasteiger partial charge in [-0.3, -0.25) is 19.3 Å². The van der Waals surface area contributed by atoms with Crippen LogP contribution in [0.1, 0.15) is 19.3 Å². The topological polar surface area (TPSA) is 96.3 Å². The predicted molar refractivity (Wildman–Crippen MR) is 92.3 cm³/mol. The van der Waals surface area contributed by atoms with Crippen molar-refractivity contribution in [1.29, 1.82) is 0 Å². The van der Waals surface area contributed by atoms with Crippen LogP contribution in [-0.2, 0) is 19.1 Å². The third-order valence-electron chi connectivity index (χ3n) is 4.92. The Morgan fingerprint density at radius 2 is 1.96 bits per heavy atom. The molecule has 2 aliphatic heterocycles. The number of ether oxygens (including phenoxy) is 1. The van der Waals surface area contributed by atoms with E-state index in [-0.39, 0.29) is 36.7 Å². The first-order chi connectivity index (χ1) is 12.5. The highest BCUT2D eigenvalue weighted by molar-refractivity contribution is 6.21. The van der Waals surface area contributed by atoms with E-state index in [1.807, 2.05) is 0 Å². The second kappa shape index (κ2) is 7.63. The number of allylic oxidation sites excluding steroid dienone is 3. The van der Waals surface area contributed by atoms with Crippen molar-refractivity contribution in [2.75, 3.05) is 26.7 Å². The minimum atomic E-state index is -0.626. The van der Waals surface area contributed by atoms with Gasteiger partial charge in [-0.2, -0.15) is 4.99 Å². The van der Waals surface area contributed by atoms with E-state index in [1.54, 1.807) is 29.2 Å². The number of methoxy groups -OCH3 is 1. The summed E-state index contributed by atoms with van der Waals surface area (Å²) >= 11 is 0. The summed E-state index contributed by atoms with van der Waals surface area (Å²) in [6, 6.07) is -0.626. The summed E-state index contributed by atoms with van der Waals surface area (Å²) in [5.41, 5.74) is 0.440. The maximum Gasteiger partial charge on any atom is 0.350 e. The number of fused-ring (bicyclic) bond motifs is 1. The van der Waals surface area contributed by atoms with Gasteiger partial charge in [0.05, 0.1) is 24.7 Å². The third kappa shape index (κ3) is 3.58. The van der Waals surface area contributed by atoms with Crippen LogP contribution in [0.4, 0.5) is 4.79 Å². The molecule has 0 spiro atoms. The molecule has 26 heavy (non-hydrogen) atoms. The Balaban J connectivity index is 1.54. The highest BCUT2D eigenvalue weighted by Gasteiger charge is 2.36. The predicted octanol–water partition coefficient (Wildman–Crippen LogP) is 0.933. The summed E-state index contributed by atoms with van der Waals surface area (Å²) in [6.45, 7) is 0.955. The zero-order valence-electron chi connectivity index (χ0n) is 14.6. The Kier molecular flexibility index (Phi) is 5.29. The largest absolute Gasteiger partial charge is 0.469 e. The Hall–Kier alpha value is -2.77. The fourth-order valence-corrected chi connectivity index (χ4v) is 3.38. The summed E-state index contributed by atoms with van der Waals surface area (Å²) in [5, 5.41) is 0. The molecule has 0 aromatic rings. The Morgan fingerprint density at radius 1 is 1.23 bits per heavy atom. The number of nitrogens with zero attached hydrogens (tertiary/aromatic N) is 3. The summed E-state index contributed by atoms with van der Waals surface area (Å²) in [5.74, 6) is -1.46. The van der Waals surface area contributed by atoms with Crippen LogP contribution in [-0.4, -0.2) is 66.1 Å². The first-order valence-electron chi connectivity index (χ1n) is 8.65. The van der Waals surface area contributed by atoms with Crippen LogP contribution in [0.15, 0.2) is 29.3 Å². The number of esters is 1. The van der Waals surface area contributed by atoms with Crippen molar-refractivity contribution in [3.05, 3.63) is 24.3 Å². The Morgan fingerprint density at radius 3 is 2.65 bits per heavy atom. The summed E-state index contributed by atoms with van der Waals surface area (Å²) < 4.78 is 4.73. The van der Waals surface area contributed by atoms with Crippen LogP contribution in [0.5, 0.6) is 0 Å². The first kappa shape index (κ1) is 18.0. The number of amides is 4. The maximum absolute atomic E-state index is 12.5. The van der Waals surface area contributed by atoms with Gasteiger partial charge in [0, 0.05) is 26.1 Å². The number of rotatable bonds is 4. The van der Waals surface area contributed by atoms with Crippen LogP contribution in [0.2, 0.25) is 0 Å². The minimum absolute atomic E-state index is 0.0122. The highest BCUT2D eigenvalue weighted by Crippen LogP contribution is 2.21. The van der Waals surface area contributed by atoms with Crippen molar-refractivity contribution in [1.82, 2.24) is 9.80 Å². The number of likely N-dealkylation sites (tertiary alicyclic amines) is 1. The number of hydrogen-bond acceptors (Lipinski definition) is 5. The highest BCUT2D eigenvalue weighted by atomic mass is 16.5. The molecule has 1 fully saturated rings. The zero-order chi connectivity index (χ0) is 18.7. The molecule has 1 saturated heterocycles. The van der Waals surface area contributed by atoms with Crippen LogP contribution in [0.25, 0.3) is 0 Å². The normalized spacial score (nSPS) is 23.0. The summed E-state index contributed by atoms with van der Waals surface area (Å²) in [6.07, 6.45) is 7.99. The van der Waals surface area contributed by atoms with Crippen molar-refractivity contribution in [2.24, 2.45) is 16.8 Å². The lowest BCUT2D eigenvalue weighted by Crippen LogP contribution is -2.48. The van der Waals surface area contributed by atoms with Crippen molar-refractivity contribution >= 4 is 29.5 Å². The average Bonchev–Trinajstić information content (AvgIpc) is 2.67. The number of aliphatic imine (C=N–C) groups is 1. The molecule has 0 N–H and O–H groups in total. The van der Waals surface area contributed by atoms with Gasteiger partial charge in [0.1, 0.15) is 0 Å². The zero-order valence-corrected chi connectivity index (χ0v) is 14.6. The van der Waals surface area contributed by atoms with Gasteiger partial charge in [0.15, 0.2) is 0 Å². The third-order valence-corrected chi connectivity index (χ3v) is 4.92. The van der Waals surface area contributed by atoms with E-state index in [9.17, 15) is 19.2 Å². The monoisotopic (exact) mass is 359 g/mol. The van der Waals surface area contributed by atoms with E-state index in [1.165, 1.54) is 7.11 Å². The van der Waals surface area contributed by atoms with E-state index in [4.69, 9.17) is 4.74 Å². The molecule has 3 rings (SSSR count). The molecule has 0 saturated carbocycles. The number of hydrogen-bond donors (Lipinski definition) is 0. The Bertz CT molecular complexity index is 716. The quantitative estimate of drug-likeness (QED) is 0.696. The van der Waals surface area contributed by atoms with Gasteiger partial charge in [0.2, 0.25) is 11.8 Å². The lowest BCUT2D eigenvalue weighted by atomic mass is 9.95. The van der Waals surface area contributed by atoms with Gasteiger partial charge >= 0.3 is 12.0 Å². The lowest BCUT2D eigenvalue weighted by Gasteiger charge is -2.32. The second-order valence-electron chi connectivity index (χ2n) is 6.46. The summed E-state index contributed by atoms with van der Waals surface area (Å²) in [4.78, 5) is 55.1. The number of carbonyl (C=O) groups is 4. The number of piperidine rings is 1. The van der Waals surface area contributed by atoms with Crippen LogP contribution in [0.3, 0.4) is 0 Å². The molecule has 3 aliphatic rings. The molecule has 0 aromatic heterocycles. The number of urea groups is 1. The molecule has 0 radical (unpaired) electrons. The first-order valence-corrected chi connectivity index (χ1v) is 8.65. The molecule has 8 heteroatoms. The fraction of sp³-hybridized carbons (Fsp3) is 0.500. The fourth-order valence-electron chi connectivity index (χ4n) is 3.38. The van der Waals surface area contributed by atoms with E-state index in [0.717, 1.165) is 4.90 Å². The van der Waals surface area contributed by atoms with E-state index >= 15 is 0 Å². The molecule has 0 bridgehead atoms. The molecule has 1 aliphatic carbocycles. The second-order valence-corrected chi connectivity index (χ2v) is 6.46. The van der Waals surface area contributed by atoms with Gasteiger partial charge in [-0.1, -0.05) is 18.2 Å². The van der Waals surface area contributed by atoms with Crippen molar-refractivity contribution in [3.8, 4) is 0 Å². The van der Waals surface area contributed by atoms with Gasteiger partial charge < -0.3 is 9.64 Å². The van der Waals surface area contributed by atoms with Gasteiger partial charge in [-0.15, -0.1) is 0 Å². The molecular weight excluding hydrogens is 338 g/mol. The molecular formula is C18H21N3O5. The SMILES string of the molecule is COC(=O)C1CCN(C(=O)CCN2C(=O)N=C3C=CC=CC3C2=O)CC1. The van der Waals surface area contributed by atoms with Gasteiger partial charge in [0.25, 0.3) is 0 Å². The smallest absolute Gasteiger partial charge is 0.350 e. The molecule has 1 unspecified atom stereocenters. The van der Waals surface area contributed by atoms with Crippen molar-refractivity contribution in [2.45, 2.75) is 19.3 Å². The van der Waals surface area contributed by atoms with Gasteiger partial charge in [-0.05, 0) is 18.9 Å². The van der Waals surface area contributed by atoms with Crippen LogP contribution in [0, 0.1) is 11.8 Å². The average molecular weight is 359 g/mol. The van der Waals surface area contributed by atoms with Crippen molar-refractivity contribution in [3.63, 3.8) is 0 Å². The molecule has 1 atom stereocenters. The molecule has 8 nitrogen and oxygen atoms in total. The molecule has 4 amide bonds. The van der Waals surface area contributed by atoms with E-state index < -0.39 is 11.9 Å². The Labute approximate surface area is 151 Å². The minimum Gasteiger partial charge on any atom is -0.469 e. The van der Waals surface area contributed by atoms with E-state index in [0.29, 0.717) is 31.6 Å². The molecule has 0 aromatic carbocycles. The molecule has 138 valence electrons. The maximum atomic E-state index is 12.5. The lowest BCUT2D eigenvalue weighted by molar-refractivity contribution is -0.149. The van der Waals surface area contributed by atoms with Crippen LogP contribution < -0.4 is 0 Å². The van der Waals surface area contributed by atoms with E-state index in [2.05, 4.69) is 4.99 Å². The number of carbonyl (C=O) groups excluding carboxylic acids is 4. The number of imide groups is 1. The molecule has 2 heterocycles. The van der Waals surface area contributed by atoms with Gasteiger partial charge in [-0.25, -0.2) is 4.79 Å². The summed E-state index contributed by atoms with van der Waals surface area (Å²) in [7, 11) is 1.36.